The Balaban J connectivity index is 2.12. The predicted molar refractivity (Wildman–Crippen MR) is 67.3 cm³/mol. The second-order valence-corrected chi connectivity index (χ2v) is 4.22. The third kappa shape index (κ3) is 2.79. The van der Waals surface area contributed by atoms with Gasteiger partial charge in [-0.05, 0) is 31.9 Å². The van der Waals surface area contributed by atoms with E-state index in [0.29, 0.717) is 18.2 Å². The molecule has 1 aliphatic rings. The van der Waals surface area contributed by atoms with Crippen LogP contribution in [0.3, 0.4) is 0 Å². The quantitative estimate of drug-likeness (QED) is 0.821. The van der Waals surface area contributed by atoms with Gasteiger partial charge in [-0.2, -0.15) is 4.98 Å². The average Bonchev–Trinajstić information content (AvgIpc) is 2.33. The minimum atomic E-state index is -0.175. The highest BCUT2D eigenvalue weighted by atomic mass is 16.5. The lowest BCUT2D eigenvalue weighted by atomic mass is 10.1. The van der Waals surface area contributed by atoms with Gasteiger partial charge in [-0.1, -0.05) is 0 Å². The molecule has 0 saturated carbocycles. The molecule has 2 heterocycles. The zero-order valence-electron chi connectivity index (χ0n) is 10.1. The second kappa shape index (κ2) is 5.23. The van der Waals surface area contributed by atoms with E-state index in [2.05, 4.69) is 9.88 Å². The maximum atomic E-state index is 9.47. The van der Waals surface area contributed by atoms with Crippen LogP contribution in [0, 0.1) is 0 Å². The van der Waals surface area contributed by atoms with Crippen molar-refractivity contribution in [1.29, 1.82) is 0 Å². The molecule has 5 heteroatoms. The summed E-state index contributed by atoms with van der Waals surface area (Å²) in [5, 5.41) is 9.47. The van der Waals surface area contributed by atoms with E-state index in [0.717, 1.165) is 31.7 Å². The van der Waals surface area contributed by atoms with Crippen LogP contribution in [-0.4, -0.2) is 35.9 Å². The first-order valence-corrected chi connectivity index (χ1v) is 6.03. The van der Waals surface area contributed by atoms with Crippen molar-refractivity contribution >= 4 is 11.5 Å². The van der Waals surface area contributed by atoms with Gasteiger partial charge in [0.05, 0.1) is 18.4 Å². The number of nitrogens with two attached hydrogens (primary N) is 1. The molecule has 2 rings (SSSR count). The van der Waals surface area contributed by atoms with Crippen LogP contribution in [0.15, 0.2) is 12.1 Å². The molecule has 0 atom stereocenters. The molecule has 0 unspecified atom stereocenters. The van der Waals surface area contributed by atoms with E-state index in [9.17, 15) is 5.11 Å². The Morgan fingerprint density at radius 3 is 2.82 bits per heavy atom. The van der Waals surface area contributed by atoms with E-state index >= 15 is 0 Å². The summed E-state index contributed by atoms with van der Waals surface area (Å²) in [5.41, 5.74) is 6.34. The van der Waals surface area contributed by atoms with Crippen LogP contribution in [0.2, 0.25) is 0 Å². The summed E-state index contributed by atoms with van der Waals surface area (Å²) in [6.07, 6.45) is 1.40. The van der Waals surface area contributed by atoms with E-state index in [1.165, 1.54) is 0 Å². The number of aliphatic hydroxyl groups excluding tert-OH is 1. The van der Waals surface area contributed by atoms with Gasteiger partial charge in [0.1, 0.15) is 5.82 Å². The highest BCUT2D eigenvalue weighted by Crippen LogP contribution is 2.25. The molecule has 1 aromatic heterocycles. The number of aliphatic hydroxyl groups is 1. The number of anilines is 2. The van der Waals surface area contributed by atoms with E-state index in [1.54, 1.807) is 0 Å². The van der Waals surface area contributed by atoms with Gasteiger partial charge >= 0.3 is 0 Å². The summed E-state index contributed by atoms with van der Waals surface area (Å²) in [4.78, 5) is 6.56. The van der Waals surface area contributed by atoms with E-state index in [4.69, 9.17) is 10.5 Å². The predicted octanol–water partition coefficient (Wildman–Crippen LogP) is 1.02. The molecule has 94 valence electrons. The van der Waals surface area contributed by atoms with Crippen molar-refractivity contribution in [3.63, 3.8) is 0 Å². The fraction of sp³-hybridized carbons (Fsp3) is 0.583. The van der Waals surface area contributed by atoms with Crippen LogP contribution >= 0.6 is 0 Å². The largest absolute Gasteiger partial charge is 0.476 e. The van der Waals surface area contributed by atoms with Crippen LogP contribution in [-0.2, 0) is 0 Å². The van der Waals surface area contributed by atoms with Crippen LogP contribution in [0.25, 0.3) is 0 Å². The molecule has 1 saturated heterocycles. The molecule has 1 aliphatic heterocycles. The number of piperidine rings is 1. The molecule has 5 nitrogen and oxygen atoms in total. The normalized spacial score (nSPS) is 17.2. The summed E-state index contributed by atoms with van der Waals surface area (Å²) in [6.45, 7) is 4.11. The van der Waals surface area contributed by atoms with Gasteiger partial charge in [-0.25, -0.2) is 0 Å². The summed E-state index contributed by atoms with van der Waals surface area (Å²) >= 11 is 0. The molecule has 1 fully saturated rings. The number of pyridine rings is 1. The zero-order valence-corrected chi connectivity index (χ0v) is 10.1. The minimum Gasteiger partial charge on any atom is -0.476 e. The van der Waals surface area contributed by atoms with Gasteiger partial charge in [-0.15, -0.1) is 0 Å². The van der Waals surface area contributed by atoms with Crippen molar-refractivity contribution in [2.75, 3.05) is 30.3 Å². The van der Waals surface area contributed by atoms with Gasteiger partial charge in [0.2, 0.25) is 5.88 Å². The Bertz CT molecular complexity index is 376. The van der Waals surface area contributed by atoms with Crippen molar-refractivity contribution < 1.29 is 9.84 Å². The van der Waals surface area contributed by atoms with Gasteiger partial charge in [0.25, 0.3) is 0 Å². The van der Waals surface area contributed by atoms with Crippen molar-refractivity contribution in [2.24, 2.45) is 0 Å². The fourth-order valence-corrected chi connectivity index (χ4v) is 1.96. The molecule has 0 spiro atoms. The molecule has 0 aliphatic carbocycles. The number of hydrogen-bond donors (Lipinski definition) is 2. The number of rotatable bonds is 3. The Morgan fingerprint density at radius 1 is 1.47 bits per heavy atom. The van der Waals surface area contributed by atoms with Crippen molar-refractivity contribution in [2.45, 2.75) is 25.9 Å². The maximum absolute atomic E-state index is 9.47. The van der Waals surface area contributed by atoms with Gasteiger partial charge in [0, 0.05) is 13.1 Å². The number of hydrogen-bond acceptors (Lipinski definition) is 5. The third-order valence-corrected chi connectivity index (χ3v) is 2.94. The molecular weight excluding hydrogens is 218 g/mol. The topological polar surface area (TPSA) is 71.6 Å². The molecule has 0 amide bonds. The van der Waals surface area contributed by atoms with E-state index in [-0.39, 0.29) is 6.10 Å². The summed E-state index contributed by atoms with van der Waals surface area (Å²) < 4.78 is 5.38. The second-order valence-electron chi connectivity index (χ2n) is 4.22. The smallest absolute Gasteiger partial charge is 0.239 e. The first-order valence-electron chi connectivity index (χ1n) is 6.03. The van der Waals surface area contributed by atoms with Gasteiger partial charge in [0.15, 0.2) is 0 Å². The molecule has 1 aromatic rings. The number of aromatic nitrogens is 1. The van der Waals surface area contributed by atoms with E-state index in [1.807, 2.05) is 19.1 Å². The molecule has 3 N–H and O–H groups in total. The number of nitrogens with zero attached hydrogens (tertiary/aromatic N) is 2. The molecule has 17 heavy (non-hydrogen) atoms. The number of ether oxygens (including phenoxy) is 1. The Kier molecular flexibility index (Phi) is 3.68. The average molecular weight is 237 g/mol. The Labute approximate surface area is 101 Å². The van der Waals surface area contributed by atoms with Crippen molar-refractivity contribution in [3.05, 3.63) is 12.1 Å². The van der Waals surface area contributed by atoms with Crippen LogP contribution < -0.4 is 15.4 Å². The maximum Gasteiger partial charge on any atom is 0.239 e. The van der Waals surface area contributed by atoms with E-state index < -0.39 is 0 Å². The first-order chi connectivity index (χ1) is 8.20. The monoisotopic (exact) mass is 237 g/mol. The summed E-state index contributed by atoms with van der Waals surface area (Å²) in [5.74, 6) is 1.37. The summed E-state index contributed by atoms with van der Waals surface area (Å²) in [7, 11) is 0. The van der Waals surface area contributed by atoms with Crippen LogP contribution in [0.4, 0.5) is 11.5 Å². The van der Waals surface area contributed by atoms with Gasteiger partial charge < -0.3 is 20.5 Å². The molecular formula is C12H19N3O2. The lowest BCUT2D eigenvalue weighted by Gasteiger charge is -2.30. The Hall–Kier alpha value is -1.49. The molecule has 0 bridgehead atoms. The van der Waals surface area contributed by atoms with Gasteiger partial charge in [-0.3, -0.25) is 0 Å². The third-order valence-electron chi connectivity index (χ3n) is 2.94. The van der Waals surface area contributed by atoms with Crippen LogP contribution in [0.5, 0.6) is 5.88 Å². The van der Waals surface area contributed by atoms with Crippen molar-refractivity contribution in [3.8, 4) is 5.88 Å². The van der Waals surface area contributed by atoms with Crippen LogP contribution in [0.1, 0.15) is 19.8 Å². The number of nitrogen functional groups attached to an aromatic ring is 1. The fourth-order valence-electron chi connectivity index (χ4n) is 1.96. The summed E-state index contributed by atoms with van der Waals surface area (Å²) in [6, 6.07) is 3.72. The zero-order chi connectivity index (χ0) is 12.3. The molecule has 0 aromatic carbocycles. The first kappa shape index (κ1) is 12.0. The Morgan fingerprint density at radius 2 is 2.18 bits per heavy atom. The lowest BCUT2D eigenvalue weighted by molar-refractivity contribution is 0.145. The lowest BCUT2D eigenvalue weighted by Crippen LogP contribution is -2.36. The van der Waals surface area contributed by atoms with Crippen molar-refractivity contribution in [1.82, 2.24) is 4.98 Å². The highest BCUT2D eigenvalue weighted by molar-refractivity contribution is 5.54. The standard InChI is InChI=1S/C12H19N3O2/c1-2-17-12-10(13)3-4-11(14-12)15-7-5-9(16)6-8-15/h3-4,9,16H,2,5-8,13H2,1H3. The SMILES string of the molecule is CCOc1nc(N2CCC(O)CC2)ccc1N. The minimum absolute atomic E-state index is 0.175. The molecule has 0 radical (unpaired) electrons. The highest BCUT2D eigenvalue weighted by Gasteiger charge is 2.18.